The molecule has 0 fully saturated rings. The number of hydrogen-bond acceptors (Lipinski definition) is 3. The van der Waals surface area contributed by atoms with Crippen LogP contribution in [0.2, 0.25) is 5.02 Å². The Morgan fingerprint density at radius 1 is 1.24 bits per heavy atom. The van der Waals surface area contributed by atoms with Crippen molar-refractivity contribution in [2.75, 3.05) is 5.32 Å². The first-order chi connectivity index (χ1) is 9.88. The van der Waals surface area contributed by atoms with E-state index in [1.54, 1.807) is 24.3 Å². The van der Waals surface area contributed by atoms with E-state index in [4.69, 9.17) is 23.1 Å². The van der Waals surface area contributed by atoms with Gasteiger partial charge >= 0.3 is 0 Å². The maximum absolute atomic E-state index is 11.5. The van der Waals surface area contributed by atoms with Crippen LogP contribution in [0.25, 0.3) is 0 Å². The lowest BCUT2D eigenvalue weighted by atomic mass is 10.1. The summed E-state index contributed by atoms with van der Waals surface area (Å²) in [7, 11) is 0. The molecule has 0 atom stereocenters. The van der Waals surface area contributed by atoms with Crippen molar-refractivity contribution in [2.45, 2.75) is 13.8 Å². The van der Waals surface area contributed by atoms with Crippen LogP contribution in [0.5, 0.6) is 0 Å². The Morgan fingerprint density at radius 2 is 1.86 bits per heavy atom. The molecule has 0 saturated carbocycles. The molecule has 0 aliphatic rings. The van der Waals surface area contributed by atoms with Crippen LogP contribution in [0.4, 0.5) is 10.7 Å². The van der Waals surface area contributed by atoms with Gasteiger partial charge in [-0.2, -0.15) is 0 Å². The number of hydrogen-bond donors (Lipinski definition) is 3. The summed E-state index contributed by atoms with van der Waals surface area (Å²) in [6.07, 6.45) is 0. The zero-order valence-corrected chi connectivity index (χ0v) is 13.2. The molecule has 1 heterocycles. The summed E-state index contributed by atoms with van der Waals surface area (Å²) in [5.41, 5.74) is 13.3. The van der Waals surface area contributed by atoms with Gasteiger partial charge in [-0.25, -0.2) is 4.99 Å². The molecule has 0 aliphatic heterocycles. The van der Waals surface area contributed by atoms with Crippen LogP contribution in [0.15, 0.2) is 29.3 Å². The van der Waals surface area contributed by atoms with Crippen LogP contribution in [-0.4, -0.2) is 11.9 Å². The molecule has 0 spiro atoms. The Bertz CT molecular complexity index is 707. The number of carbonyl (C=O) groups excluding carboxylic acids is 1. The summed E-state index contributed by atoms with van der Waals surface area (Å²) in [5, 5.41) is 4.08. The summed E-state index contributed by atoms with van der Waals surface area (Å²) in [4.78, 5) is 16.8. The number of nitrogens with two attached hydrogens (primary N) is 2. The number of nitrogens with one attached hydrogen (secondary N) is 1. The quantitative estimate of drug-likeness (QED) is 0.598. The van der Waals surface area contributed by atoms with Gasteiger partial charge in [-0.3, -0.25) is 4.79 Å². The lowest BCUT2D eigenvalue weighted by Crippen LogP contribution is -2.22. The van der Waals surface area contributed by atoms with Crippen LogP contribution >= 0.6 is 22.9 Å². The van der Waals surface area contributed by atoms with E-state index in [2.05, 4.69) is 10.3 Å². The van der Waals surface area contributed by atoms with Gasteiger partial charge in [0.15, 0.2) is 5.96 Å². The van der Waals surface area contributed by atoms with Gasteiger partial charge in [0.25, 0.3) is 5.91 Å². The number of anilines is 1. The number of rotatable bonds is 3. The summed E-state index contributed by atoms with van der Waals surface area (Å²) in [6, 6.07) is 7.05. The van der Waals surface area contributed by atoms with Crippen LogP contribution in [0.3, 0.4) is 0 Å². The van der Waals surface area contributed by atoms with E-state index >= 15 is 0 Å². The van der Waals surface area contributed by atoms with Crippen LogP contribution < -0.4 is 16.8 Å². The maximum Gasteiger partial charge on any atom is 0.252 e. The molecule has 110 valence electrons. The van der Waals surface area contributed by atoms with Gasteiger partial charge in [-0.05, 0) is 43.7 Å². The Hall–Kier alpha value is -2.05. The van der Waals surface area contributed by atoms with Crippen molar-refractivity contribution < 1.29 is 4.79 Å². The largest absolute Gasteiger partial charge is 0.369 e. The molecule has 2 rings (SSSR count). The Morgan fingerprint density at radius 3 is 2.43 bits per heavy atom. The number of nitrogens with zero attached hydrogens (tertiary/aromatic N) is 1. The molecule has 1 aromatic carbocycles. The predicted octanol–water partition coefficient (Wildman–Crippen LogP) is 3.18. The maximum atomic E-state index is 11.5. The first kappa shape index (κ1) is 15.3. The van der Waals surface area contributed by atoms with Crippen molar-refractivity contribution in [3.8, 4) is 0 Å². The molecule has 2 aromatic rings. The number of aliphatic imine (C=N–C) groups is 1. The van der Waals surface area contributed by atoms with Gasteiger partial charge in [-0.1, -0.05) is 11.6 Å². The van der Waals surface area contributed by atoms with E-state index in [9.17, 15) is 4.79 Å². The summed E-state index contributed by atoms with van der Waals surface area (Å²) >= 11 is 7.20. The minimum absolute atomic E-state index is 0.182. The van der Waals surface area contributed by atoms with Crippen molar-refractivity contribution in [2.24, 2.45) is 16.5 Å². The number of carbonyl (C=O) groups is 1. The third-order valence-electron chi connectivity index (χ3n) is 2.95. The number of amides is 1. The highest BCUT2D eigenvalue weighted by molar-refractivity contribution is 7.16. The molecule has 0 saturated heterocycles. The minimum atomic E-state index is -0.505. The molecule has 0 unspecified atom stereocenters. The predicted molar refractivity (Wildman–Crippen MR) is 88.7 cm³/mol. The lowest BCUT2D eigenvalue weighted by molar-refractivity contribution is 0.100. The van der Waals surface area contributed by atoms with Crippen molar-refractivity contribution in [1.29, 1.82) is 0 Å². The smallest absolute Gasteiger partial charge is 0.252 e. The molecule has 1 amide bonds. The molecule has 0 bridgehead atoms. The molecule has 7 heteroatoms. The standard InChI is InChI=1S/C14H15ClN4OS/c1-7-8(2)21-13(11(7)12(16)20)19-14(17)18-10-5-3-9(15)4-6-10/h3-6H,1-2H3,(H2,16,20)(H3,17,18,19). The van der Waals surface area contributed by atoms with Gasteiger partial charge in [0, 0.05) is 15.6 Å². The van der Waals surface area contributed by atoms with Crippen molar-refractivity contribution in [3.63, 3.8) is 0 Å². The number of guanidine groups is 1. The number of halogens is 1. The second kappa shape index (κ2) is 6.15. The molecule has 0 aliphatic carbocycles. The Kier molecular flexibility index (Phi) is 4.50. The first-order valence-corrected chi connectivity index (χ1v) is 7.34. The van der Waals surface area contributed by atoms with E-state index in [-0.39, 0.29) is 5.96 Å². The molecule has 5 N–H and O–H groups in total. The number of thiophene rings is 1. The molecule has 1 aromatic heterocycles. The fraction of sp³-hybridized carbons (Fsp3) is 0.143. The van der Waals surface area contributed by atoms with Gasteiger partial charge in [0.05, 0.1) is 5.56 Å². The highest BCUT2D eigenvalue weighted by Gasteiger charge is 2.17. The SMILES string of the molecule is Cc1sc(/N=C(\N)Nc2ccc(Cl)cc2)c(C(N)=O)c1C. The molecule has 5 nitrogen and oxygen atoms in total. The second-order valence-corrected chi connectivity index (χ2v) is 6.10. The number of benzene rings is 1. The Balaban J connectivity index is 2.29. The third kappa shape index (κ3) is 3.53. The van der Waals surface area contributed by atoms with E-state index in [0.29, 0.717) is 15.6 Å². The lowest BCUT2D eigenvalue weighted by Gasteiger charge is -2.05. The summed E-state index contributed by atoms with van der Waals surface area (Å²) in [6.45, 7) is 3.75. The van der Waals surface area contributed by atoms with E-state index in [1.807, 2.05) is 13.8 Å². The first-order valence-electron chi connectivity index (χ1n) is 6.15. The highest BCUT2D eigenvalue weighted by atomic mass is 35.5. The zero-order chi connectivity index (χ0) is 15.6. The summed E-state index contributed by atoms with van der Waals surface area (Å²) < 4.78 is 0. The number of aryl methyl sites for hydroxylation is 1. The third-order valence-corrected chi connectivity index (χ3v) is 4.30. The summed E-state index contributed by atoms with van der Waals surface area (Å²) in [5.74, 6) is -0.323. The average molecular weight is 323 g/mol. The second-order valence-electron chi connectivity index (χ2n) is 4.46. The molecular weight excluding hydrogens is 308 g/mol. The monoisotopic (exact) mass is 322 g/mol. The minimum Gasteiger partial charge on any atom is -0.369 e. The van der Waals surface area contributed by atoms with Crippen molar-refractivity contribution in [1.82, 2.24) is 0 Å². The topological polar surface area (TPSA) is 93.5 Å². The fourth-order valence-electron chi connectivity index (χ4n) is 1.80. The molecule has 0 radical (unpaired) electrons. The van der Waals surface area contributed by atoms with Gasteiger partial charge in [-0.15, -0.1) is 11.3 Å². The molecule has 21 heavy (non-hydrogen) atoms. The van der Waals surface area contributed by atoms with Gasteiger partial charge in [0.2, 0.25) is 0 Å². The van der Waals surface area contributed by atoms with E-state index in [1.165, 1.54) is 11.3 Å². The van der Waals surface area contributed by atoms with Crippen LogP contribution in [0.1, 0.15) is 20.8 Å². The van der Waals surface area contributed by atoms with Gasteiger partial charge in [0.1, 0.15) is 5.00 Å². The average Bonchev–Trinajstić information content (AvgIpc) is 2.67. The van der Waals surface area contributed by atoms with E-state index < -0.39 is 5.91 Å². The van der Waals surface area contributed by atoms with Crippen molar-refractivity contribution in [3.05, 3.63) is 45.3 Å². The van der Waals surface area contributed by atoms with Crippen molar-refractivity contribution >= 4 is 45.5 Å². The molecular formula is C14H15ClN4OS. The van der Waals surface area contributed by atoms with Gasteiger partial charge < -0.3 is 16.8 Å². The van der Waals surface area contributed by atoms with Crippen LogP contribution in [0, 0.1) is 13.8 Å². The van der Waals surface area contributed by atoms with Crippen LogP contribution in [-0.2, 0) is 0 Å². The highest BCUT2D eigenvalue weighted by Crippen LogP contribution is 2.34. The Labute approximate surface area is 131 Å². The normalized spacial score (nSPS) is 11.5. The van der Waals surface area contributed by atoms with E-state index in [0.717, 1.165) is 16.1 Å². The fourth-order valence-corrected chi connectivity index (χ4v) is 2.97. The zero-order valence-electron chi connectivity index (χ0n) is 11.6. The number of primary amides is 1.